The summed E-state index contributed by atoms with van der Waals surface area (Å²) in [6.45, 7) is 0. The van der Waals surface area contributed by atoms with Gasteiger partial charge in [-0.05, 0) is 24.3 Å². The van der Waals surface area contributed by atoms with E-state index in [1.807, 2.05) is 42.5 Å². The van der Waals surface area contributed by atoms with Crippen molar-refractivity contribution in [2.45, 2.75) is 0 Å². The molecule has 0 amide bonds. The smallest absolute Gasteiger partial charge is 0.186 e. The zero-order chi connectivity index (χ0) is 11.9. The van der Waals surface area contributed by atoms with E-state index in [0.717, 1.165) is 5.69 Å². The number of nitrogens with one attached hydrogen (secondary N) is 1. The Balaban J connectivity index is 2.18. The van der Waals surface area contributed by atoms with E-state index in [1.54, 1.807) is 18.3 Å². The molecule has 0 bridgehead atoms. The molecule has 4 heteroatoms. The summed E-state index contributed by atoms with van der Waals surface area (Å²) in [4.78, 5) is 4.07. The van der Waals surface area contributed by atoms with Gasteiger partial charge in [0.25, 0.3) is 0 Å². The molecule has 1 aromatic carbocycles. The van der Waals surface area contributed by atoms with E-state index in [1.165, 1.54) is 0 Å². The van der Waals surface area contributed by atoms with E-state index in [-0.39, 0.29) is 5.71 Å². The Bertz CT molecular complexity index is 541. The molecular formula is C13H10N4. The summed E-state index contributed by atoms with van der Waals surface area (Å²) in [5, 5.41) is 13.0. The zero-order valence-electron chi connectivity index (χ0n) is 9.04. The quantitative estimate of drug-likeness (QED) is 0.640. The highest BCUT2D eigenvalue weighted by Crippen LogP contribution is 2.05. The van der Waals surface area contributed by atoms with Gasteiger partial charge < -0.3 is 0 Å². The van der Waals surface area contributed by atoms with Crippen molar-refractivity contribution in [3.8, 4) is 6.07 Å². The molecule has 1 N–H and O–H groups in total. The molecule has 0 atom stereocenters. The number of hydrogen-bond donors (Lipinski definition) is 1. The van der Waals surface area contributed by atoms with Crippen LogP contribution in [0.4, 0.5) is 5.69 Å². The van der Waals surface area contributed by atoms with Crippen molar-refractivity contribution >= 4 is 11.4 Å². The first-order valence-corrected chi connectivity index (χ1v) is 5.10. The number of hydrogen-bond acceptors (Lipinski definition) is 4. The summed E-state index contributed by atoms with van der Waals surface area (Å²) in [5.74, 6) is 0. The standard InChI is InChI=1S/C13H10N4/c14-10-13(12-8-4-5-9-15-12)17-16-11-6-2-1-3-7-11/h1-9,16H/b17-13-. The van der Waals surface area contributed by atoms with E-state index in [4.69, 9.17) is 5.26 Å². The summed E-state index contributed by atoms with van der Waals surface area (Å²) in [6, 6.07) is 16.8. The summed E-state index contributed by atoms with van der Waals surface area (Å²) in [6.07, 6.45) is 1.63. The highest BCUT2D eigenvalue weighted by Gasteiger charge is 2.02. The van der Waals surface area contributed by atoms with Crippen LogP contribution in [-0.4, -0.2) is 10.7 Å². The molecule has 0 radical (unpaired) electrons. The van der Waals surface area contributed by atoms with Gasteiger partial charge in [-0.1, -0.05) is 24.3 Å². The van der Waals surface area contributed by atoms with Crippen molar-refractivity contribution in [3.63, 3.8) is 0 Å². The second kappa shape index (κ2) is 5.42. The first-order valence-electron chi connectivity index (χ1n) is 5.10. The van der Waals surface area contributed by atoms with Gasteiger partial charge in [0.1, 0.15) is 11.8 Å². The second-order valence-electron chi connectivity index (χ2n) is 3.27. The molecule has 1 heterocycles. The average molecular weight is 222 g/mol. The number of nitrogens with zero attached hydrogens (tertiary/aromatic N) is 3. The second-order valence-corrected chi connectivity index (χ2v) is 3.27. The van der Waals surface area contributed by atoms with Gasteiger partial charge in [-0.15, -0.1) is 0 Å². The maximum atomic E-state index is 9.00. The van der Waals surface area contributed by atoms with Gasteiger partial charge in [0.2, 0.25) is 0 Å². The fourth-order valence-corrected chi connectivity index (χ4v) is 1.28. The molecule has 82 valence electrons. The molecule has 0 spiro atoms. The molecule has 0 aliphatic carbocycles. The molecule has 2 aromatic rings. The Morgan fingerprint density at radius 3 is 2.53 bits per heavy atom. The van der Waals surface area contributed by atoms with Gasteiger partial charge in [0, 0.05) is 6.20 Å². The van der Waals surface area contributed by atoms with Crippen LogP contribution in [0.3, 0.4) is 0 Å². The molecule has 1 aromatic heterocycles. The van der Waals surface area contributed by atoms with Crippen molar-refractivity contribution < 1.29 is 0 Å². The van der Waals surface area contributed by atoms with Gasteiger partial charge in [-0.2, -0.15) is 10.4 Å². The average Bonchev–Trinajstić information content (AvgIpc) is 2.42. The van der Waals surface area contributed by atoms with Crippen LogP contribution in [0.5, 0.6) is 0 Å². The molecule has 0 aliphatic rings. The van der Waals surface area contributed by atoms with E-state index in [2.05, 4.69) is 15.5 Å². The maximum Gasteiger partial charge on any atom is 0.186 e. The van der Waals surface area contributed by atoms with Crippen molar-refractivity contribution in [1.82, 2.24) is 4.98 Å². The first kappa shape index (κ1) is 10.8. The Kier molecular flexibility index (Phi) is 3.46. The Morgan fingerprint density at radius 1 is 1.12 bits per heavy atom. The molecule has 4 nitrogen and oxygen atoms in total. The lowest BCUT2D eigenvalue weighted by Crippen LogP contribution is -2.03. The van der Waals surface area contributed by atoms with Crippen molar-refractivity contribution in [2.24, 2.45) is 5.10 Å². The number of aromatic nitrogens is 1. The molecule has 17 heavy (non-hydrogen) atoms. The predicted octanol–water partition coefficient (Wildman–Crippen LogP) is 2.42. The summed E-state index contributed by atoms with van der Waals surface area (Å²) in [5.41, 5.74) is 4.46. The molecule has 0 saturated carbocycles. The number of anilines is 1. The third-order valence-electron chi connectivity index (χ3n) is 2.08. The van der Waals surface area contributed by atoms with Gasteiger partial charge in [-0.3, -0.25) is 10.4 Å². The summed E-state index contributed by atoms with van der Waals surface area (Å²) >= 11 is 0. The Morgan fingerprint density at radius 2 is 1.88 bits per heavy atom. The normalized spacial score (nSPS) is 10.6. The van der Waals surface area contributed by atoms with Gasteiger partial charge in [0.05, 0.1) is 5.69 Å². The van der Waals surface area contributed by atoms with Crippen LogP contribution < -0.4 is 5.43 Å². The molecule has 2 rings (SSSR count). The third kappa shape index (κ3) is 2.89. The van der Waals surface area contributed by atoms with Crippen LogP contribution in [0.25, 0.3) is 0 Å². The Labute approximate surface area is 99.2 Å². The first-order chi connectivity index (χ1) is 8.40. The molecule has 0 aliphatic heterocycles. The molecule has 0 fully saturated rings. The third-order valence-corrected chi connectivity index (χ3v) is 2.08. The van der Waals surface area contributed by atoms with Gasteiger partial charge in [-0.25, -0.2) is 0 Å². The number of benzene rings is 1. The minimum Gasteiger partial charge on any atom is -0.277 e. The summed E-state index contributed by atoms with van der Waals surface area (Å²) < 4.78 is 0. The monoisotopic (exact) mass is 222 g/mol. The largest absolute Gasteiger partial charge is 0.277 e. The summed E-state index contributed by atoms with van der Waals surface area (Å²) in [7, 11) is 0. The number of para-hydroxylation sites is 1. The van der Waals surface area contributed by atoms with E-state index >= 15 is 0 Å². The fourth-order valence-electron chi connectivity index (χ4n) is 1.28. The van der Waals surface area contributed by atoms with Crippen LogP contribution >= 0.6 is 0 Å². The van der Waals surface area contributed by atoms with Crippen LogP contribution in [0.1, 0.15) is 5.69 Å². The highest BCUT2D eigenvalue weighted by atomic mass is 15.3. The van der Waals surface area contributed by atoms with Crippen molar-refractivity contribution in [1.29, 1.82) is 5.26 Å². The van der Waals surface area contributed by atoms with Crippen LogP contribution in [0.15, 0.2) is 59.8 Å². The topological polar surface area (TPSA) is 61.1 Å². The van der Waals surface area contributed by atoms with Gasteiger partial charge >= 0.3 is 0 Å². The maximum absolute atomic E-state index is 9.00. The SMILES string of the molecule is N#C/C(=N/Nc1ccccc1)c1ccccn1. The van der Waals surface area contributed by atoms with Crippen molar-refractivity contribution in [3.05, 3.63) is 60.4 Å². The lowest BCUT2D eigenvalue weighted by Gasteiger charge is -2.00. The van der Waals surface area contributed by atoms with Gasteiger partial charge in [0.15, 0.2) is 5.71 Å². The van der Waals surface area contributed by atoms with E-state index < -0.39 is 0 Å². The molecule has 0 unspecified atom stereocenters. The number of pyridine rings is 1. The van der Waals surface area contributed by atoms with Crippen LogP contribution in [0, 0.1) is 11.3 Å². The van der Waals surface area contributed by atoms with E-state index in [0.29, 0.717) is 5.69 Å². The zero-order valence-corrected chi connectivity index (χ0v) is 9.04. The van der Waals surface area contributed by atoms with E-state index in [9.17, 15) is 0 Å². The minimum absolute atomic E-state index is 0.259. The van der Waals surface area contributed by atoms with Crippen LogP contribution in [0.2, 0.25) is 0 Å². The highest BCUT2D eigenvalue weighted by molar-refractivity contribution is 6.10. The lowest BCUT2D eigenvalue weighted by molar-refractivity contribution is 1.26. The fraction of sp³-hybridized carbons (Fsp3) is 0. The number of hydrazone groups is 1. The Hall–Kier alpha value is -2.67. The van der Waals surface area contributed by atoms with Crippen LogP contribution in [-0.2, 0) is 0 Å². The van der Waals surface area contributed by atoms with Crippen molar-refractivity contribution in [2.75, 3.05) is 5.43 Å². The number of rotatable bonds is 3. The number of nitriles is 1. The molecular weight excluding hydrogens is 212 g/mol. The predicted molar refractivity (Wildman–Crippen MR) is 66.5 cm³/mol. The minimum atomic E-state index is 0.259. The lowest BCUT2D eigenvalue weighted by atomic mass is 10.2. The molecule has 0 saturated heterocycles.